The molecule has 0 atom stereocenters. The van der Waals surface area contributed by atoms with Gasteiger partial charge >= 0.3 is 11.9 Å². The van der Waals surface area contributed by atoms with Gasteiger partial charge in [0, 0.05) is 64.7 Å². The average molecular weight is 372 g/mol. The summed E-state index contributed by atoms with van der Waals surface area (Å²) in [7, 11) is 0. The molecule has 6 nitrogen and oxygen atoms in total. The zero-order chi connectivity index (χ0) is 17.5. The number of carbonyl (C=O) groups is 3. The molecule has 2 rings (SSSR count). The van der Waals surface area contributed by atoms with Crippen molar-refractivity contribution in [3.63, 3.8) is 0 Å². The first-order valence-electron chi connectivity index (χ1n) is 6.96. The van der Waals surface area contributed by atoms with Crippen LogP contribution >= 0.6 is 0 Å². The van der Waals surface area contributed by atoms with Crippen LogP contribution in [-0.4, -0.2) is 93.7 Å². The van der Waals surface area contributed by atoms with Crippen LogP contribution in [0, 0.1) is 0 Å². The van der Waals surface area contributed by atoms with Gasteiger partial charge < -0.3 is 14.9 Å². The number of allylic oxidation sites excluding steroid dienone is 1. The summed E-state index contributed by atoms with van der Waals surface area (Å²) in [4.78, 5) is 33.2. The molecule has 0 amide bonds. The second kappa shape index (κ2) is 12.1. The van der Waals surface area contributed by atoms with E-state index in [1.54, 1.807) is 30.3 Å². The number of carboxylic acid groups (broad SMARTS) is 2. The van der Waals surface area contributed by atoms with E-state index in [0.717, 1.165) is 5.56 Å². The molecule has 0 unspecified atom stereocenters. The summed E-state index contributed by atoms with van der Waals surface area (Å²) >= 11 is 0. The van der Waals surface area contributed by atoms with Crippen molar-refractivity contribution in [1.29, 1.82) is 0 Å². The van der Waals surface area contributed by atoms with E-state index in [2.05, 4.69) is 0 Å². The van der Waals surface area contributed by atoms with E-state index in [4.69, 9.17) is 14.9 Å². The topological polar surface area (TPSA) is 101 Å². The predicted octanol–water partition coefficient (Wildman–Crippen LogP) is 1.98. The Labute approximate surface area is 194 Å². The largest absolute Gasteiger partial charge is 0.482 e. The Morgan fingerprint density at radius 3 is 1.88 bits per heavy atom. The van der Waals surface area contributed by atoms with Gasteiger partial charge in [0.15, 0.2) is 12.4 Å². The number of ether oxygens (including phenoxy) is 1. The Hall–Kier alpha value is -1.41. The minimum atomic E-state index is -1.06. The number of hydrogen-bond acceptors (Lipinski definition) is 4. The first-order chi connectivity index (χ1) is 11.5. The fourth-order valence-electron chi connectivity index (χ4n) is 1.87. The Bertz CT molecular complexity index is 782. The van der Waals surface area contributed by atoms with Gasteiger partial charge in [-0.05, 0) is 35.9 Å². The molecule has 2 aromatic rings. The average Bonchev–Trinajstić information content (AvgIpc) is 2.58. The van der Waals surface area contributed by atoms with E-state index in [0.29, 0.717) is 11.3 Å². The number of ketones is 1. The molecule has 0 saturated carbocycles. The molecular formula is C18H14Na2O6. The Kier molecular flexibility index (Phi) is 11.4. The minimum absolute atomic E-state index is 0. The third kappa shape index (κ3) is 7.86. The Morgan fingerprint density at radius 2 is 1.38 bits per heavy atom. The molecule has 0 spiro atoms. The van der Waals surface area contributed by atoms with Crippen molar-refractivity contribution >= 4 is 82.9 Å². The van der Waals surface area contributed by atoms with E-state index in [-0.39, 0.29) is 70.5 Å². The van der Waals surface area contributed by atoms with Gasteiger partial charge in [0.1, 0.15) is 5.75 Å². The second-order valence-electron chi connectivity index (χ2n) is 4.83. The first kappa shape index (κ1) is 24.6. The second-order valence-corrected chi connectivity index (χ2v) is 4.83. The zero-order valence-electron chi connectivity index (χ0n) is 14.5. The maximum absolute atomic E-state index is 12.0. The van der Waals surface area contributed by atoms with Gasteiger partial charge in [-0.2, -0.15) is 0 Å². The van der Waals surface area contributed by atoms with E-state index < -0.39 is 18.5 Å². The molecule has 0 heterocycles. The van der Waals surface area contributed by atoms with Gasteiger partial charge in [0.2, 0.25) is 0 Å². The molecule has 26 heavy (non-hydrogen) atoms. The smallest absolute Gasteiger partial charge is 0.341 e. The summed E-state index contributed by atoms with van der Waals surface area (Å²) in [6, 6.07) is 12.3. The fourth-order valence-corrected chi connectivity index (χ4v) is 1.87. The molecule has 0 bridgehead atoms. The van der Waals surface area contributed by atoms with Crippen LogP contribution in [0.1, 0.15) is 26.3 Å². The van der Waals surface area contributed by atoms with Crippen molar-refractivity contribution in [2.24, 2.45) is 0 Å². The van der Waals surface area contributed by atoms with Crippen molar-refractivity contribution in [1.82, 2.24) is 0 Å². The number of carbonyl (C=O) groups excluding carboxylic acids is 1. The van der Waals surface area contributed by atoms with Crippen LogP contribution in [-0.2, 0) is 4.79 Å². The monoisotopic (exact) mass is 372 g/mol. The van der Waals surface area contributed by atoms with Gasteiger partial charge in [-0.1, -0.05) is 30.3 Å². The molecule has 0 aliphatic rings. The molecule has 0 saturated heterocycles. The minimum Gasteiger partial charge on any atom is -0.482 e. The zero-order valence-corrected chi connectivity index (χ0v) is 18.5. The van der Waals surface area contributed by atoms with Gasteiger partial charge in [0.05, 0.1) is 5.56 Å². The summed E-state index contributed by atoms with van der Waals surface area (Å²) in [5, 5.41) is 17.3. The molecule has 2 aromatic carbocycles. The third-order valence-corrected chi connectivity index (χ3v) is 3.09. The first-order valence-corrected chi connectivity index (χ1v) is 6.96. The van der Waals surface area contributed by atoms with Gasteiger partial charge in [-0.15, -0.1) is 0 Å². The Morgan fingerprint density at radius 1 is 0.846 bits per heavy atom. The molecule has 2 radical (unpaired) electrons. The van der Waals surface area contributed by atoms with Crippen molar-refractivity contribution < 1.29 is 29.3 Å². The maximum atomic E-state index is 12.0. The van der Waals surface area contributed by atoms with Crippen molar-refractivity contribution in [3.8, 4) is 5.75 Å². The molecule has 0 aliphatic heterocycles. The van der Waals surface area contributed by atoms with Crippen LogP contribution in [0.5, 0.6) is 5.75 Å². The number of rotatable bonds is 7. The molecule has 0 fully saturated rings. The van der Waals surface area contributed by atoms with Gasteiger partial charge in [-0.3, -0.25) is 4.79 Å². The van der Waals surface area contributed by atoms with Crippen LogP contribution in [0.2, 0.25) is 0 Å². The quantitative estimate of drug-likeness (QED) is 0.438. The van der Waals surface area contributed by atoms with Crippen molar-refractivity contribution in [3.05, 3.63) is 71.3 Å². The third-order valence-electron chi connectivity index (χ3n) is 3.09. The maximum Gasteiger partial charge on any atom is 0.341 e. The number of aliphatic carboxylic acids is 1. The summed E-state index contributed by atoms with van der Waals surface area (Å²) in [6.07, 6.45) is 2.98. The van der Waals surface area contributed by atoms with E-state index >= 15 is 0 Å². The molecule has 8 heteroatoms. The normalized spacial score (nSPS) is 9.69. The summed E-state index contributed by atoms with van der Waals surface area (Å²) in [5.74, 6) is -1.93. The number of benzene rings is 2. The van der Waals surface area contributed by atoms with Crippen LogP contribution in [0.15, 0.2) is 54.6 Å². The van der Waals surface area contributed by atoms with Crippen LogP contribution < -0.4 is 4.74 Å². The van der Waals surface area contributed by atoms with Crippen LogP contribution in [0.3, 0.4) is 0 Å². The standard InChI is InChI=1S/C18H14O6.2Na/c19-16(13-4-6-14(7-5-13)18(22)23)10-3-12-1-8-15(9-2-12)24-11-17(20)21;;/h1-10H,11H2,(H,20,21)(H,22,23);;. The molecule has 0 aromatic heterocycles. The van der Waals surface area contributed by atoms with Crippen LogP contribution in [0.4, 0.5) is 0 Å². The fraction of sp³-hybridized carbons (Fsp3) is 0.0556. The van der Waals surface area contributed by atoms with Crippen molar-refractivity contribution in [2.45, 2.75) is 0 Å². The summed E-state index contributed by atoms with van der Waals surface area (Å²) in [5.41, 5.74) is 1.25. The van der Waals surface area contributed by atoms with E-state index in [1.165, 1.54) is 30.3 Å². The number of aromatic carboxylic acids is 1. The van der Waals surface area contributed by atoms with Gasteiger partial charge in [0.25, 0.3) is 0 Å². The number of carboxylic acids is 2. The molecular weight excluding hydrogens is 358 g/mol. The predicted molar refractivity (Wildman–Crippen MR) is 97.8 cm³/mol. The summed E-state index contributed by atoms with van der Waals surface area (Å²) in [6.45, 7) is -0.417. The molecule has 2 N–H and O–H groups in total. The van der Waals surface area contributed by atoms with Gasteiger partial charge in [-0.25, -0.2) is 9.59 Å². The summed E-state index contributed by atoms with van der Waals surface area (Å²) < 4.78 is 5.01. The molecule has 0 aliphatic carbocycles. The van der Waals surface area contributed by atoms with E-state index in [9.17, 15) is 14.4 Å². The van der Waals surface area contributed by atoms with E-state index in [1.807, 2.05) is 0 Å². The van der Waals surface area contributed by atoms with Crippen molar-refractivity contribution in [2.75, 3.05) is 6.61 Å². The van der Waals surface area contributed by atoms with Crippen LogP contribution in [0.25, 0.3) is 6.08 Å². The molecule has 124 valence electrons. The SMILES string of the molecule is O=C(O)COc1ccc(C=CC(=O)c2ccc(C(=O)O)cc2)cc1.[Na].[Na]. The Balaban J connectivity index is 0.00000312. The number of hydrogen-bond donors (Lipinski definition) is 2.